The summed E-state index contributed by atoms with van der Waals surface area (Å²) in [6.45, 7) is 1.28. The molecule has 1 aliphatic heterocycles. The Bertz CT molecular complexity index is 447. The Hall–Kier alpha value is -1.76. The van der Waals surface area contributed by atoms with Crippen LogP contribution in [0.15, 0.2) is 12.1 Å². The highest BCUT2D eigenvalue weighted by Gasteiger charge is 2.24. The van der Waals surface area contributed by atoms with E-state index in [4.69, 9.17) is 4.74 Å². The molecule has 0 aliphatic carbocycles. The molecule has 0 spiro atoms. The normalized spacial score (nSPS) is 19.3. The molecule has 5 nitrogen and oxygen atoms in total. The molecule has 7 heteroatoms. The standard InChI is InChI=1S/C10H10F2N2O3/c11-7-3-9(14(15)16)10(4-8(7)12)17-6-1-2-13-5-6/h3-4,6,13H,1-2,5H2. The van der Waals surface area contributed by atoms with Gasteiger partial charge in [0.15, 0.2) is 11.6 Å². The second-order valence-corrected chi connectivity index (χ2v) is 3.72. The minimum absolute atomic E-state index is 0.234. The summed E-state index contributed by atoms with van der Waals surface area (Å²) in [7, 11) is 0. The lowest BCUT2D eigenvalue weighted by atomic mass is 10.2. The van der Waals surface area contributed by atoms with Crippen molar-refractivity contribution in [2.45, 2.75) is 12.5 Å². The van der Waals surface area contributed by atoms with E-state index in [9.17, 15) is 18.9 Å². The van der Waals surface area contributed by atoms with Crippen molar-refractivity contribution in [1.29, 1.82) is 0 Å². The first-order valence-corrected chi connectivity index (χ1v) is 5.08. The summed E-state index contributed by atoms with van der Waals surface area (Å²) in [4.78, 5) is 9.89. The van der Waals surface area contributed by atoms with Crippen molar-refractivity contribution >= 4 is 5.69 Å². The predicted octanol–water partition coefficient (Wildman–Crippen LogP) is 1.61. The third-order valence-electron chi connectivity index (χ3n) is 2.51. The van der Waals surface area contributed by atoms with E-state index in [1.54, 1.807) is 0 Å². The van der Waals surface area contributed by atoms with Gasteiger partial charge in [0.25, 0.3) is 0 Å². The Labute approximate surface area is 95.5 Å². The van der Waals surface area contributed by atoms with Crippen molar-refractivity contribution in [3.05, 3.63) is 33.9 Å². The number of nitro groups is 1. The molecular formula is C10H10F2N2O3. The zero-order valence-electron chi connectivity index (χ0n) is 8.78. The molecule has 0 saturated carbocycles. The van der Waals surface area contributed by atoms with Crippen molar-refractivity contribution in [3.63, 3.8) is 0 Å². The third kappa shape index (κ3) is 2.50. The Morgan fingerprint density at radius 3 is 2.71 bits per heavy atom. The molecule has 1 unspecified atom stereocenters. The smallest absolute Gasteiger partial charge is 0.314 e. The van der Waals surface area contributed by atoms with Gasteiger partial charge in [-0.25, -0.2) is 8.78 Å². The fourth-order valence-corrected chi connectivity index (χ4v) is 1.66. The van der Waals surface area contributed by atoms with E-state index in [1.165, 1.54) is 0 Å². The molecular weight excluding hydrogens is 234 g/mol. The Kier molecular flexibility index (Phi) is 3.19. The number of rotatable bonds is 3. The van der Waals surface area contributed by atoms with E-state index in [0.717, 1.165) is 6.54 Å². The van der Waals surface area contributed by atoms with Crippen LogP contribution in [-0.2, 0) is 0 Å². The maximum atomic E-state index is 13.0. The van der Waals surface area contributed by atoms with Crippen LogP contribution in [0.3, 0.4) is 0 Å². The topological polar surface area (TPSA) is 64.4 Å². The number of hydrogen-bond donors (Lipinski definition) is 1. The van der Waals surface area contributed by atoms with E-state index >= 15 is 0 Å². The summed E-state index contributed by atoms with van der Waals surface area (Å²) in [5.41, 5.74) is -0.559. The molecule has 92 valence electrons. The molecule has 2 rings (SSSR count). The van der Waals surface area contributed by atoms with Gasteiger partial charge in [-0.15, -0.1) is 0 Å². The first kappa shape index (κ1) is 11.7. The fourth-order valence-electron chi connectivity index (χ4n) is 1.66. The molecule has 1 saturated heterocycles. The van der Waals surface area contributed by atoms with Gasteiger partial charge >= 0.3 is 5.69 Å². The number of ether oxygens (including phenoxy) is 1. The molecule has 1 N–H and O–H groups in total. The summed E-state index contributed by atoms with van der Waals surface area (Å²) in [5.74, 6) is -2.65. The van der Waals surface area contributed by atoms with Gasteiger partial charge in [-0.2, -0.15) is 0 Å². The second kappa shape index (κ2) is 4.62. The summed E-state index contributed by atoms with van der Waals surface area (Å²) in [6.07, 6.45) is 0.425. The molecule has 1 fully saturated rings. The molecule has 1 aromatic carbocycles. The number of nitro benzene ring substituents is 1. The molecule has 17 heavy (non-hydrogen) atoms. The van der Waals surface area contributed by atoms with Crippen LogP contribution in [-0.4, -0.2) is 24.1 Å². The zero-order chi connectivity index (χ0) is 12.4. The average molecular weight is 244 g/mol. The highest BCUT2D eigenvalue weighted by Crippen LogP contribution is 2.30. The first-order valence-electron chi connectivity index (χ1n) is 5.08. The fraction of sp³-hybridized carbons (Fsp3) is 0.400. The van der Waals surface area contributed by atoms with Gasteiger partial charge in [-0.05, 0) is 13.0 Å². The molecule has 1 heterocycles. The van der Waals surface area contributed by atoms with Crippen LogP contribution in [0.1, 0.15) is 6.42 Å². The molecule has 0 bridgehead atoms. The summed E-state index contributed by atoms with van der Waals surface area (Å²) in [6, 6.07) is 1.25. The first-order chi connectivity index (χ1) is 8.08. The van der Waals surface area contributed by atoms with Gasteiger partial charge in [0.05, 0.1) is 11.0 Å². The van der Waals surface area contributed by atoms with Gasteiger partial charge in [-0.3, -0.25) is 10.1 Å². The minimum Gasteiger partial charge on any atom is -0.482 e. The highest BCUT2D eigenvalue weighted by molar-refractivity contribution is 5.47. The Balaban J connectivity index is 2.29. The van der Waals surface area contributed by atoms with Gasteiger partial charge in [-0.1, -0.05) is 0 Å². The quantitative estimate of drug-likeness (QED) is 0.648. The van der Waals surface area contributed by atoms with E-state index in [0.29, 0.717) is 25.1 Å². The highest BCUT2D eigenvalue weighted by atomic mass is 19.2. The number of nitrogens with zero attached hydrogens (tertiary/aromatic N) is 1. The van der Waals surface area contributed by atoms with Crippen LogP contribution in [0, 0.1) is 21.7 Å². The van der Waals surface area contributed by atoms with E-state index < -0.39 is 22.2 Å². The molecule has 1 aliphatic rings. The maximum Gasteiger partial charge on any atom is 0.314 e. The van der Waals surface area contributed by atoms with Gasteiger partial charge in [0.2, 0.25) is 5.75 Å². The number of benzene rings is 1. The summed E-state index contributed by atoms with van der Waals surface area (Å²) in [5, 5.41) is 13.7. The molecule has 0 aromatic heterocycles. The SMILES string of the molecule is O=[N+]([O-])c1cc(F)c(F)cc1OC1CCNC1. The van der Waals surface area contributed by atoms with Crippen molar-refractivity contribution in [2.24, 2.45) is 0 Å². The largest absolute Gasteiger partial charge is 0.482 e. The third-order valence-corrected chi connectivity index (χ3v) is 2.51. The summed E-state index contributed by atoms with van der Waals surface area (Å²) < 4.78 is 31.2. The van der Waals surface area contributed by atoms with Crippen molar-refractivity contribution in [2.75, 3.05) is 13.1 Å². The number of nitrogens with one attached hydrogen (secondary N) is 1. The van der Waals surface area contributed by atoms with Crippen molar-refractivity contribution in [1.82, 2.24) is 5.32 Å². The average Bonchev–Trinajstić information content (AvgIpc) is 2.75. The monoisotopic (exact) mass is 244 g/mol. The van der Waals surface area contributed by atoms with Crippen LogP contribution in [0.4, 0.5) is 14.5 Å². The predicted molar refractivity (Wildman–Crippen MR) is 54.9 cm³/mol. The van der Waals surface area contributed by atoms with Gasteiger partial charge in [0.1, 0.15) is 6.10 Å². The van der Waals surface area contributed by atoms with Crippen LogP contribution in [0.5, 0.6) is 5.75 Å². The lowest BCUT2D eigenvalue weighted by Crippen LogP contribution is -2.20. The molecule has 0 radical (unpaired) electrons. The van der Waals surface area contributed by atoms with Gasteiger partial charge < -0.3 is 10.1 Å². The van der Waals surface area contributed by atoms with E-state index in [2.05, 4.69) is 5.32 Å². The van der Waals surface area contributed by atoms with Gasteiger partial charge in [0, 0.05) is 12.6 Å². The second-order valence-electron chi connectivity index (χ2n) is 3.72. The molecule has 0 amide bonds. The molecule has 1 atom stereocenters. The minimum atomic E-state index is -1.26. The number of halogens is 2. The van der Waals surface area contributed by atoms with E-state index in [-0.39, 0.29) is 11.9 Å². The van der Waals surface area contributed by atoms with Crippen molar-refractivity contribution < 1.29 is 18.4 Å². The maximum absolute atomic E-state index is 13.0. The van der Waals surface area contributed by atoms with Crippen LogP contribution in [0.25, 0.3) is 0 Å². The summed E-state index contributed by atoms with van der Waals surface area (Å²) >= 11 is 0. The Morgan fingerprint density at radius 2 is 2.12 bits per heavy atom. The van der Waals surface area contributed by atoms with Crippen LogP contribution < -0.4 is 10.1 Å². The lowest BCUT2D eigenvalue weighted by Gasteiger charge is -2.12. The van der Waals surface area contributed by atoms with Crippen molar-refractivity contribution in [3.8, 4) is 5.75 Å². The van der Waals surface area contributed by atoms with Crippen LogP contribution in [0.2, 0.25) is 0 Å². The number of hydrogen-bond acceptors (Lipinski definition) is 4. The zero-order valence-corrected chi connectivity index (χ0v) is 8.78. The molecule has 1 aromatic rings. The van der Waals surface area contributed by atoms with Crippen LogP contribution >= 0.6 is 0 Å². The lowest BCUT2D eigenvalue weighted by molar-refractivity contribution is -0.386. The van der Waals surface area contributed by atoms with E-state index in [1.807, 2.05) is 0 Å². The Morgan fingerprint density at radius 1 is 1.41 bits per heavy atom.